The molecule has 10 nitrogen and oxygen atoms in total. The monoisotopic (exact) mass is 495 g/mol. The molecule has 0 radical (unpaired) electrons. The summed E-state index contributed by atoms with van der Waals surface area (Å²) in [5, 5.41) is 5.20. The molecule has 3 N–H and O–H groups in total. The third-order valence-corrected chi connectivity index (χ3v) is 5.23. The lowest BCUT2D eigenvalue weighted by Crippen LogP contribution is -2.33. The van der Waals surface area contributed by atoms with Crippen molar-refractivity contribution in [3.05, 3.63) is 65.5 Å². The number of anilines is 1. The Morgan fingerprint density at radius 2 is 1.67 bits per heavy atom. The summed E-state index contributed by atoms with van der Waals surface area (Å²) in [6.07, 6.45) is 0.946. The molecule has 3 rings (SSSR count). The fraction of sp³-hybridized carbons (Fsp3) is 0.269. The van der Waals surface area contributed by atoms with Crippen molar-refractivity contribution in [2.75, 3.05) is 32.7 Å². The van der Waals surface area contributed by atoms with Crippen molar-refractivity contribution in [3.63, 3.8) is 0 Å². The minimum Gasteiger partial charge on any atom is -0.493 e. The van der Waals surface area contributed by atoms with Crippen molar-refractivity contribution in [3.8, 4) is 22.6 Å². The molecule has 0 fully saturated rings. The maximum Gasteiger partial charge on any atom is 0.407 e. The highest BCUT2D eigenvalue weighted by Gasteiger charge is 2.23. The van der Waals surface area contributed by atoms with E-state index in [1.54, 1.807) is 25.3 Å². The number of aromatic amines is 1. The SMILES string of the molecule is CCOC(=O)c1[nH]cc(C)c1-c1cc(OC)c(OC)cc1NC(=O)CNC(=O)OCc1ccccc1. The average Bonchev–Trinajstić information content (AvgIpc) is 3.27. The number of benzene rings is 2. The van der Waals surface area contributed by atoms with E-state index >= 15 is 0 Å². The van der Waals surface area contributed by atoms with E-state index in [0.29, 0.717) is 28.3 Å². The molecule has 2 aromatic carbocycles. The molecule has 0 unspecified atom stereocenters. The number of alkyl carbamates (subject to hydrolysis) is 1. The van der Waals surface area contributed by atoms with Gasteiger partial charge in [-0.05, 0) is 31.0 Å². The minimum atomic E-state index is -0.729. The van der Waals surface area contributed by atoms with Gasteiger partial charge in [0.05, 0.1) is 26.5 Å². The number of methoxy groups -OCH3 is 2. The van der Waals surface area contributed by atoms with Crippen LogP contribution in [0.3, 0.4) is 0 Å². The quantitative estimate of drug-likeness (QED) is 0.362. The van der Waals surface area contributed by atoms with E-state index in [1.807, 2.05) is 37.3 Å². The van der Waals surface area contributed by atoms with Crippen molar-refractivity contribution in [2.24, 2.45) is 0 Å². The third kappa shape index (κ3) is 6.35. The summed E-state index contributed by atoms with van der Waals surface area (Å²) in [5.41, 5.74) is 3.22. The summed E-state index contributed by atoms with van der Waals surface area (Å²) in [7, 11) is 2.96. The van der Waals surface area contributed by atoms with Crippen LogP contribution in [0.15, 0.2) is 48.7 Å². The van der Waals surface area contributed by atoms with Gasteiger partial charge in [-0.25, -0.2) is 9.59 Å². The number of hydrogen-bond donors (Lipinski definition) is 3. The molecule has 0 aliphatic carbocycles. The minimum absolute atomic E-state index is 0.0809. The molecule has 36 heavy (non-hydrogen) atoms. The van der Waals surface area contributed by atoms with Gasteiger partial charge in [0.1, 0.15) is 18.8 Å². The van der Waals surface area contributed by atoms with Crippen molar-refractivity contribution in [1.29, 1.82) is 0 Å². The Morgan fingerprint density at radius 1 is 0.972 bits per heavy atom. The number of amides is 2. The summed E-state index contributed by atoms with van der Waals surface area (Å²) >= 11 is 0. The Balaban J connectivity index is 1.80. The van der Waals surface area contributed by atoms with Gasteiger partial charge in [0.2, 0.25) is 5.91 Å². The van der Waals surface area contributed by atoms with E-state index in [9.17, 15) is 14.4 Å². The molecular weight excluding hydrogens is 466 g/mol. The molecule has 1 aromatic heterocycles. The predicted molar refractivity (Wildman–Crippen MR) is 133 cm³/mol. The van der Waals surface area contributed by atoms with E-state index in [0.717, 1.165) is 11.1 Å². The van der Waals surface area contributed by atoms with Crippen molar-refractivity contribution in [1.82, 2.24) is 10.3 Å². The zero-order valence-corrected chi connectivity index (χ0v) is 20.6. The smallest absolute Gasteiger partial charge is 0.407 e. The molecule has 190 valence electrons. The zero-order chi connectivity index (χ0) is 26.1. The molecular formula is C26H29N3O7. The highest BCUT2D eigenvalue weighted by molar-refractivity contribution is 6.03. The number of aryl methyl sites for hydroxylation is 1. The number of nitrogens with one attached hydrogen (secondary N) is 3. The number of carbonyl (C=O) groups excluding carboxylic acids is 3. The summed E-state index contributed by atoms with van der Waals surface area (Å²) in [6, 6.07) is 12.4. The largest absolute Gasteiger partial charge is 0.493 e. The molecule has 2 amide bonds. The van der Waals surface area contributed by atoms with E-state index in [-0.39, 0.29) is 25.5 Å². The van der Waals surface area contributed by atoms with Gasteiger partial charge in [-0.3, -0.25) is 4.79 Å². The summed E-state index contributed by atoms with van der Waals surface area (Å²) in [6.45, 7) is 3.49. The Labute approximate surface area is 208 Å². The van der Waals surface area contributed by atoms with Crippen LogP contribution in [0.1, 0.15) is 28.5 Å². The van der Waals surface area contributed by atoms with Crippen LogP contribution in [0.5, 0.6) is 11.5 Å². The highest BCUT2D eigenvalue weighted by Crippen LogP contribution is 2.41. The van der Waals surface area contributed by atoms with E-state index in [2.05, 4.69) is 15.6 Å². The standard InChI is InChI=1S/C26H29N3O7/c1-5-35-25(31)24-23(16(2)13-27-24)18-11-20(33-3)21(34-4)12-19(18)29-22(30)14-28-26(32)36-15-17-9-7-6-8-10-17/h6-13,27H,5,14-15H2,1-4H3,(H,28,32)(H,29,30). The van der Waals surface area contributed by atoms with Crippen LogP contribution in [0.25, 0.3) is 11.1 Å². The normalized spacial score (nSPS) is 10.3. The van der Waals surface area contributed by atoms with Gasteiger partial charge in [0, 0.05) is 23.4 Å². The van der Waals surface area contributed by atoms with Gasteiger partial charge >= 0.3 is 12.1 Å². The van der Waals surface area contributed by atoms with Gasteiger partial charge in [-0.2, -0.15) is 0 Å². The van der Waals surface area contributed by atoms with Gasteiger partial charge in [-0.1, -0.05) is 30.3 Å². The van der Waals surface area contributed by atoms with Crippen LogP contribution in [0.4, 0.5) is 10.5 Å². The maximum atomic E-state index is 12.7. The summed E-state index contributed by atoms with van der Waals surface area (Å²) in [4.78, 5) is 40.2. The molecule has 0 spiro atoms. The van der Waals surface area contributed by atoms with Crippen molar-refractivity contribution >= 4 is 23.7 Å². The number of rotatable bonds is 10. The van der Waals surface area contributed by atoms with Crippen LogP contribution in [-0.4, -0.2) is 50.3 Å². The third-order valence-electron chi connectivity index (χ3n) is 5.23. The fourth-order valence-corrected chi connectivity index (χ4v) is 3.54. The van der Waals surface area contributed by atoms with Gasteiger partial charge in [0.25, 0.3) is 0 Å². The first-order valence-corrected chi connectivity index (χ1v) is 11.2. The molecule has 0 bridgehead atoms. The molecule has 1 heterocycles. The fourth-order valence-electron chi connectivity index (χ4n) is 3.54. The first kappa shape index (κ1) is 26.1. The number of carbonyl (C=O) groups is 3. The highest BCUT2D eigenvalue weighted by atomic mass is 16.5. The molecule has 0 atom stereocenters. The number of aromatic nitrogens is 1. The lowest BCUT2D eigenvalue weighted by molar-refractivity contribution is -0.115. The zero-order valence-electron chi connectivity index (χ0n) is 20.6. The molecule has 0 aliphatic rings. The van der Waals surface area contributed by atoms with Crippen molar-refractivity contribution < 1.29 is 33.3 Å². The molecule has 0 saturated heterocycles. The first-order valence-electron chi connectivity index (χ1n) is 11.2. The van der Waals surface area contributed by atoms with Crippen LogP contribution < -0.4 is 20.1 Å². The Bertz CT molecular complexity index is 1220. The number of ether oxygens (including phenoxy) is 4. The molecule has 0 aliphatic heterocycles. The van der Waals surface area contributed by atoms with E-state index in [1.165, 1.54) is 14.2 Å². The lowest BCUT2D eigenvalue weighted by Gasteiger charge is -2.17. The molecule has 0 saturated carbocycles. The Kier molecular flexibility index (Phi) is 8.93. The second-order valence-corrected chi connectivity index (χ2v) is 7.66. The topological polar surface area (TPSA) is 128 Å². The van der Waals surface area contributed by atoms with Gasteiger partial charge in [-0.15, -0.1) is 0 Å². The second-order valence-electron chi connectivity index (χ2n) is 7.66. The Morgan fingerprint density at radius 3 is 2.33 bits per heavy atom. The molecule has 3 aromatic rings. The number of hydrogen-bond acceptors (Lipinski definition) is 7. The average molecular weight is 496 g/mol. The number of H-pyrrole nitrogens is 1. The van der Waals surface area contributed by atoms with Crippen LogP contribution in [-0.2, 0) is 20.9 Å². The predicted octanol–water partition coefficient (Wildman–Crippen LogP) is 4.05. The lowest BCUT2D eigenvalue weighted by atomic mass is 9.99. The summed E-state index contributed by atoms with van der Waals surface area (Å²) in [5.74, 6) is -0.261. The van der Waals surface area contributed by atoms with Crippen LogP contribution >= 0.6 is 0 Å². The van der Waals surface area contributed by atoms with E-state index in [4.69, 9.17) is 18.9 Å². The second kappa shape index (κ2) is 12.3. The van der Waals surface area contributed by atoms with Gasteiger partial charge < -0.3 is 34.6 Å². The van der Waals surface area contributed by atoms with Crippen LogP contribution in [0, 0.1) is 6.92 Å². The first-order chi connectivity index (χ1) is 17.4. The number of esters is 1. The molecule has 10 heteroatoms. The van der Waals surface area contributed by atoms with Gasteiger partial charge in [0.15, 0.2) is 11.5 Å². The Hall–Kier alpha value is -4.47. The van der Waals surface area contributed by atoms with Crippen LogP contribution in [0.2, 0.25) is 0 Å². The van der Waals surface area contributed by atoms with Crippen molar-refractivity contribution in [2.45, 2.75) is 20.5 Å². The summed E-state index contributed by atoms with van der Waals surface area (Å²) < 4.78 is 21.1. The van der Waals surface area contributed by atoms with E-state index < -0.39 is 18.0 Å². The maximum absolute atomic E-state index is 12.7.